The van der Waals surface area contributed by atoms with E-state index in [0.717, 1.165) is 6.20 Å². The number of aryl methyl sites for hydroxylation is 1. The van der Waals surface area contributed by atoms with Crippen molar-refractivity contribution < 1.29 is 18.3 Å². The highest BCUT2D eigenvalue weighted by Crippen LogP contribution is 2.33. The fourth-order valence-electron chi connectivity index (χ4n) is 4.05. The number of aromatic nitrogens is 3. The van der Waals surface area contributed by atoms with Crippen LogP contribution in [0, 0.1) is 18.6 Å². The number of benzene rings is 2. The Balaban J connectivity index is 1.72. The lowest BCUT2D eigenvalue weighted by Crippen LogP contribution is -2.35. The Hall–Kier alpha value is -3.23. The normalized spacial score (nSPS) is 13.0. The fourth-order valence-corrected chi connectivity index (χ4v) is 4.47. The fraction of sp³-hybridized carbons (Fsp3) is 0.269. The first-order chi connectivity index (χ1) is 17.1. The average molecular weight is 533 g/mol. The van der Waals surface area contributed by atoms with Gasteiger partial charge in [-0.1, -0.05) is 23.7 Å². The zero-order valence-corrected chi connectivity index (χ0v) is 21.6. The Morgan fingerprint density at radius 1 is 1.19 bits per heavy atom. The number of alkyl halides is 1. The molecular formula is C26H24Cl2F2N4O2. The molecule has 0 saturated carbocycles. The van der Waals surface area contributed by atoms with Gasteiger partial charge in [0.05, 0.1) is 29.1 Å². The van der Waals surface area contributed by atoms with Crippen molar-refractivity contribution in [2.24, 2.45) is 0 Å². The third-order valence-corrected chi connectivity index (χ3v) is 6.52. The highest BCUT2D eigenvalue weighted by atomic mass is 35.5. The van der Waals surface area contributed by atoms with E-state index in [0.29, 0.717) is 39.2 Å². The van der Waals surface area contributed by atoms with E-state index in [4.69, 9.17) is 27.9 Å². The van der Waals surface area contributed by atoms with Crippen LogP contribution in [-0.4, -0.2) is 38.0 Å². The molecule has 0 fully saturated rings. The number of pyridine rings is 1. The second-order valence-electron chi connectivity index (χ2n) is 8.52. The number of amides is 1. The quantitative estimate of drug-likeness (QED) is 0.259. The summed E-state index contributed by atoms with van der Waals surface area (Å²) in [6, 6.07) is 9.23. The van der Waals surface area contributed by atoms with E-state index < -0.39 is 23.1 Å². The van der Waals surface area contributed by atoms with Crippen molar-refractivity contribution in [1.29, 1.82) is 0 Å². The van der Waals surface area contributed by atoms with Crippen molar-refractivity contribution in [2.75, 3.05) is 7.05 Å². The maximum atomic E-state index is 14.3. The number of rotatable bonds is 7. The maximum absolute atomic E-state index is 14.3. The van der Waals surface area contributed by atoms with Crippen LogP contribution in [0.15, 0.2) is 48.8 Å². The molecule has 10 heteroatoms. The van der Waals surface area contributed by atoms with Gasteiger partial charge in [0.1, 0.15) is 29.1 Å². The zero-order valence-electron chi connectivity index (χ0n) is 20.1. The minimum absolute atomic E-state index is 0.00227. The van der Waals surface area contributed by atoms with Crippen LogP contribution in [0.5, 0.6) is 5.75 Å². The molecule has 4 rings (SSSR count). The monoisotopic (exact) mass is 532 g/mol. The van der Waals surface area contributed by atoms with Crippen molar-refractivity contribution >= 4 is 40.0 Å². The Kier molecular flexibility index (Phi) is 7.47. The van der Waals surface area contributed by atoms with E-state index in [1.807, 2.05) is 13.0 Å². The van der Waals surface area contributed by atoms with Gasteiger partial charge in [-0.3, -0.25) is 4.79 Å². The molecule has 36 heavy (non-hydrogen) atoms. The minimum atomic E-state index is -0.733. The summed E-state index contributed by atoms with van der Waals surface area (Å²) < 4.78 is 35.5. The molecule has 0 saturated heterocycles. The minimum Gasteiger partial charge on any atom is -0.487 e. The Bertz CT molecular complexity index is 1440. The van der Waals surface area contributed by atoms with Gasteiger partial charge in [0.2, 0.25) is 5.91 Å². The maximum Gasteiger partial charge on any atom is 0.240 e. The SMILES string of the molecule is Cc1cc(-n2cc(F)cn2)c2cccc(OCc3c(Cl)cc(F)cc3[C@H](C)N(C)C(=O)[C@H](C)Cl)c2n1. The number of fused-ring (bicyclic) bond motifs is 1. The van der Waals surface area contributed by atoms with Gasteiger partial charge < -0.3 is 9.64 Å². The van der Waals surface area contributed by atoms with Crippen LogP contribution >= 0.6 is 23.2 Å². The molecule has 2 aromatic carbocycles. The standard InChI is InChI=1S/C26H24Cl2F2N4O2/c1-14-8-23(34-12-18(30)11-31-34)19-6-5-7-24(25(19)32-14)36-13-21-20(9-17(29)10-22(21)28)16(3)33(4)26(35)15(2)27/h5-12,15-16H,13H2,1-4H3/t15-,16-/m0/s1. The number of carbonyl (C=O) groups excluding carboxylic acids is 1. The van der Waals surface area contributed by atoms with Crippen molar-refractivity contribution in [3.05, 3.63) is 82.3 Å². The molecule has 0 N–H and O–H groups in total. The van der Waals surface area contributed by atoms with Gasteiger partial charge >= 0.3 is 0 Å². The molecule has 2 heterocycles. The van der Waals surface area contributed by atoms with E-state index in [1.165, 1.54) is 27.9 Å². The highest BCUT2D eigenvalue weighted by Gasteiger charge is 2.25. The molecule has 2 atom stereocenters. The van der Waals surface area contributed by atoms with Crippen molar-refractivity contribution in [3.8, 4) is 11.4 Å². The number of hydrogen-bond acceptors (Lipinski definition) is 4. The van der Waals surface area contributed by atoms with Gasteiger partial charge in [-0.15, -0.1) is 11.6 Å². The molecule has 188 valence electrons. The van der Waals surface area contributed by atoms with Gasteiger partial charge in [-0.25, -0.2) is 18.4 Å². The Labute approximate surface area is 217 Å². The number of carbonyl (C=O) groups is 1. The van der Waals surface area contributed by atoms with Crippen LogP contribution in [0.25, 0.3) is 16.6 Å². The topological polar surface area (TPSA) is 60.2 Å². The molecule has 2 aromatic heterocycles. The van der Waals surface area contributed by atoms with E-state index in [1.54, 1.807) is 39.1 Å². The van der Waals surface area contributed by atoms with Crippen LogP contribution < -0.4 is 4.74 Å². The summed E-state index contributed by atoms with van der Waals surface area (Å²) in [5.41, 5.74) is 2.93. The number of ether oxygens (including phenoxy) is 1. The van der Waals surface area contributed by atoms with Crippen molar-refractivity contribution in [1.82, 2.24) is 19.7 Å². The predicted molar refractivity (Wildman–Crippen MR) is 136 cm³/mol. The summed E-state index contributed by atoms with van der Waals surface area (Å²) in [5.74, 6) is -0.816. The summed E-state index contributed by atoms with van der Waals surface area (Å²) in [4.78, 5) is 18.5. The first-order valence-corrected chi connectivity index (χ1v) is 12.0. The molecule has 6 nitrogen and oxygen atoms in total. The number of hydrogen-bond donors (Lipinski definition) is 0. The molecule has 0 bridgehead atoms. The second-order valence-corrected chi connectivity index (χ2v) is 9.59. The molecule has 0 aliphatic rings. The van der Waals surface area contributed by atoms with E-state index in [9.17, 15) is 13.6 Å². The Morgan fingerprint density at radius 3 is 2.61 bits per heavy atom. The molecule has 4 aromatic rings. The first-order valence-electron chi connectivity index (χ1n) is 11.2. The van der Waals surface area contributed by atoms with Crippen LogP contribution in [0.4, 0.5) is 8.78 Å². The molecule has 0 unspecified atom stereocenters. The van der Waals surface area contributed by atoms with Gasteiger partial charge in [-0.05, 0) is 50.6 Å². The lowest BCUT2D eigenvalue weighted by atomic mass is 10.00. The molecular weight excluding hydrogens is 509 g/mol. The van der Waals surface area contributed by atoms with Gasteiger partial charge in [-0.2, -0.15) is 5.10 Å². The van der Waals surface area contributed by atoms with Gasteiger partial charge in [0.15, 0.2) is 5.82 Å². The van der Waals surface area contributed by atoms with E-state index in [2.05, 4.69) is 10.1 Å². The summed E-state index contributed by atoms with van der Waals surface area (Å²) in [5, 5.41) is 4.22. The molecule has 1 amide bonds. The summed E-state index contributed by atoms with van der Waals surface area (Å²) >= 11 is 12.4. The predicted octanol–water partition coefficient (Wildman–Crippen LogP) is 6.39. The average Bonchev–Trinajstić information content (AvgIpc) is 3.27. The molecule has 0 spiro atoms. The van der Waals surface area contributed by atoms with Crippen LogP contribution in [0.1, 0.15) is 36.7 Å². The highest BCUT2D eigenvalue weighted by molar-refractivity contribution is 6.31. The van der Waals surface area contributed by atoms with Gasteiger partial charge in [0.25, 0.3) is 0 Å². The van der Waals surface area contributed by atoms with Crippen LogP contribution in [0.3, 0.4) is 0 Å². The van der Waals surface area contributed by atoms with Crippen LogP contribution in [-0.2, 0) is 11.4 Å². The molecule has 0 aliphatic heterocycles. The third kappa shape index (κ3) is 5.15. The molecule has 0 radical (unpaired) electrons. The smallest absolute Gasteiger partial charge is 0.240 e. The zero-order chi connectivity index (χ0) is 26.1. The van der Waals surface area contributed by atoms with Gasteiger partial charge in [0, 0.05) is 23.7 Å². The largest absolute Gasteiger partial charge is 0.487 e. The summed E-state index contributed by atoms with van der Waals surface area (Å²) in [6.07, 6.45) is 2.42. The van der Waals surface area contributed by atoms with Crippen LogP contribution in [0.2, 0.25) is 5.02 Å². The van der Waals surface area contributed by atoms with E-state index >= 15 is 0 Å². The summed E-state index contributed by atoms with van der Waals surface area (Å²) in [6.45, 7) is 5.17. The molecule has 0 aliphatic carbocycles. The van der Waals surface area contributed by atoms with Crippen molar-refractivity contribution in [2.45, 2.75) is 38.8 Å². The number of nitrogens with zero attached hydrogens (tertiary/aromatic N) is 4. The third-order valence-electron chi connectivity index (χ3n) is 5.99. The van der Waals surface area contributed by atoms with E-state index in [-0.39, 0.29) is 17.5 Å². The second kappa shape index (κ2) is 10.4. The number of halogens is 4. The lowest BCUT2D eigenvalue weighted by Gasteiger charge is -2.28. The lowest BCUT2D eigenvalue weighted by molar-refractivity contribution is -0.131. The summed E-state index contributed by atoms with van der Waals surface area (Å²) in [7, 11) is 1.60. The number of para-hydroxylation sites is 1. The Morgan fingerprint density at radius 2 is 1.94 bits per heavy atom. The first kappa shape index (κ1) is 25.9. The van der Waals surface area contributed by atoms with Crippen molar-refractivity contribution in [3.63, 3.8) is 0 Å².